The van der Waals surface area contributed by atoms with Crippen LogP contribution in [-0.2, 0) is 14.3 Å². The molecule has 0 aliphatic heterocycles. The molecule has 0 fully saturated rings. The quantitative estimate of drug-likeness (QED) is 0.182. The van der Waals surface area contributed by atoms with Crippen LogP contribution >= 0.6 is 0 Å². The number of carbonyl (C=O) groups is 1. The molecule has 0 radical (unpaired) electrons. The molecule has 0 aliphatic carbocycles. The van der Waals surface area contributed by atoms with Crippen molar-refractivity contribution in [1.82, 2.24) is 0 Å². The molecule has 2 N–H and O–H groups in total. The third-order valence-corrected chi connectivity index (χ3v) is 5.77. The van der Waals surface area contributed by atoms with Gasteiger partial charge in [0.2, 0.25) is 0 Å². The number of hydrogen-bond donors (Lipinski definition) is 2. The van der Waals surface area contributed by atoms with Crippen molar-refractivity contribution < 1.29 is 24.5 Å². The molecule has 0 spiro atoms. The molecule has 0 saturated carbocycles. The maximum absolute atomic E-state index is 11.8. The summed E-state index contributed by atoms with van der Waals surface area (Å²) in [6.07, 6.45) is 17.1. The van der Waals surface area contributed by atoms with Crippen molar-refractivity contribution in [3.05, 3.63) is 0 Å². The van der Waals surface area contributed by atoms with Crippen LogP contribution in [0.1, 0.15) is 110 Å². The molecule has 174 valence electrons. The lowest BCUT2D eigenvalue weighted by Crippen LogP contribution is -2.35. The van der Waals surface area contributed by atoms with Crippen LogP contribution in [0.4, 0.5) is 0 Å². The van der Waals surface area contributed by atoms with Gasteiger partial charge < -0.3 is 19.7 Å². The minimum absolute atomic E-state index is 0.0807. The molecule has 0 aliphatic rings. The Morgan fingerprint density at radius 3 is 1.69 bits per heavy atom. The Kier molecular flexibility index (Phi) is 20.2. The van der Waals surface area contributed by atoms with Gasteiger partial charge in [-0.3, -0.25) is 4.79 Å². The Labute approximate surface area is 179 Å². The zero-order valence-corrected chi connectivity index (χ0v) is 19.3. The lowest BCUT2D eigenvalue weighted by molar-refractivity contribution is -0.149. The van der Waals surface area contributed by atoms with E-state index in [1.807, 2.05) is 6.92 Å². The Balaban J connectivity index is 3.34. The van der Waals surface area contributed by atoms with Gasteiger partial charge >= 0.3 is 5.97 Å². The fraction of sp³-hybridized carbons (Fsp3) is 0.958. The summed E-state index contributed by atoms with van der Waals surface area (Å²) in [5.74, 6) is -0.254. The average Bonchev–Trinajstić information content (AvgIpc) is 2.75. The Morgan fingerprint density at radius 1 is 0.724 bits per heavy atom. The van der Waals surface area contributed by atoms with E-state index in [0.717, 1.165) is 38.9 Å². The number of rotatable bonds is 22. The lowest BCUT2D eigenvalue weighted by Gasteiger charge is -2.27. The third-order valence-electron chi connectivity index (χ3n) is 5.77. The zero-order chi connectivity index (χ0) is 21.6. The SMILES string of the molecule is CCCCCCCCCCCCOCCCCCC(=O)OCC(CC)(CO)CO. The van der Waals surface area contributed by atoms with Crippen LogP contribution in [-0.4, -0.2) is 49.2 Å². The molecular weight excluding hydrogens is 368 g/mol. The van der Waals surface area contributed by atoms with Crippen molar-refractivity contribution in [2.24, 2.45) is 5.41 Å². The van der Waals surface area contributed by atoms with Crippen LogP contribution in [0.25, 0.3) is 0 Å². The van der Waals surface area contributed by atoms with Gasteiger partial charge in [-0.05, 0) is 25.7 Å². The molecule has 0 aromatic carbocycles. The van der Waals surface area contributed by atoms with E-state index in [-0.39, 0.29) is 25.8 Å². The largest absolute Gasteiger partial charge is 0.465 e. The molecule has 0 atom stereocenters. The van der Waals surface area contributed by atoms with Gasteiger partial charge in [0.05, 0.1) is 18.6 Å². The van der Waals surface area contributed by atoms with Gasteiger partial charge in [0.15, 0.2) is 0 Å². The Morgan fingerprint density at radius 2 is 1.21 bits per heavy atom. The van der Waals surface area contributed by atoms with Crippen molar-refractivity contribution in [3.63, 3.8) is 0 Å². The van der Waals surface area contributed by atoms with Crippen LogP contribution in [0.15, 0.2) is 0 Å². The van der Waals surface area contributed by atoms with Gasteiger partial charge in [-0.2, -0.15) is 0 Å². The second-order valence-electron chi connectivity index (χ2n) is 8.44. The van der Waals surface area contributed by atoms with Gasteiger partial charge in [0.1, 0.15) is 6.61 Å². The van der Waals surface area contributed by atoms with Gasteiger partial charge in [-0.1, -0.05) is 78.1 Å². The van der Waals surface area contributed by atoms with Crippen molar-refractivity contribution in [2.75, 3.05) is 33.0 Å². The molecule has 5 heteroatoms. The maximum Gasteiger partial charge on any atom is 0.305 e. The first-order valence-electron chi connectivity index (χ1n) is 12.1. The Bertz CT molecular complexity index is 347. The number of hydrogen-bond acceptors (Lipinski definition) is 5. The summed E-state index contributed by atoms with van der Waals surface area (Å²) in [7, 11) is 0. The van der Waals surface area contributed by atoms with Gasteiger partial charge in [-0.15, -0.1) is 0 Å². The maximum atomic E-state index is 11.8. The number of carbonyl (C=O) groups excluding carboxylic acids is 1. The summed E-state index contributed by atoms with van der Waals surface area (Å²) in [4.78, 5) is 11.8. The van der Waals surface area contributed by atoms with E-state index in [0.29, 0.717) is 12.8 Å². The summed E-state index contributed by atoms with van der Waals surface area (Å²) in [5, 5.41) is 18.7. The average molecular weight is 417 g/mol. The summed E-state index contributed by atoms with van der Waals surface area (Å²) in [5.41, 5.74) is -0.710. The summed E-state index contributed by atoms with van der Waals surface area (Å²) >= 11 is 0. The second-order valence-corrected chi connectivity index (χ2v) is 8.44. The third kappa shape index (κ3) is 16.8. The Hall–Kier alpha value is -0.650. The first kappa shape index (κ1) is 28.4. The zero-order valence-electron chi connectivity index (χ0n) is 19.3. The van der Waals surface area contributed by atoms with Crippen LogP contribution in [0.3, 0.4) is 0 Å². The molecule has 0 saturated heterocycles. The van der Waals surface area contributed by atoms with Crippen molar-refractivity contribution in [2.45, 2.75) is 110 Å². The molecule has 0 amide bonds. The lowest BCUT2D eigenvalue weighted by atomic mass is 9.88. The molecule has 29 heavy (non-hydrogen) atoms. The fourth-order valence-corrected chi connectivity index (χ4v) is 3.22. The normalized spacial score (nSPS) is 11.7. The van der Waals surface area contributed by atoms with Gasteiger partial charge in [0.25, 0.3) is 0 Å². The predicted octanol–water partition coefficient (Wildman–Crippen LogP) is 5.41. The van der Waals surface area contributed by atoms with E-state index in [9.17, 15) is 15.0 Å². The smallest absolute Gasteiger partial charge is 0.305 e. The molecule has 0 aromatic rings. The van der Waals surface area contributed by atoms with Gasteiger partial charge in [-0.25, -0.2) is 0 Å². The first-order chi connectivity index (χ1) is 14.1. The monoisotopic (exact) mass is 416 g/mol. The van der Waals surface area contributed by atoms with E-state index in [1.54, 1.807) is 0 Å². The summed E-state index contributed by atoms with van der Waals surface area (Å²) in [6, 6.07) is 0. The summed E-state index contributed by atoms with van der Waals surface area (Å²) < 4.78 is 10.9. The highest BCUT2D eigenvalue weighted by Gasteiger charge is 2.28. The fourth-order valence-electron chi connectivity index (χ4n) is 3.22. The molecule has 0 heterocycles. The highest BCUT2D eigenvalue weighted by molar-refractivity contribution is 5.69. The molecule has 0 aromatic heterocycles. The van der Waals surface area contributed by atoms with E-state index >= 15 is 0 Å². The van der Waals surface area contributed by atoms with Gasteiger partial charge in [0, 0.05) is 19.6 Å². The predicted molar refractivity (Wildman–Crippen MR) is 119 cm³/mol. The second kappa shape index (κ2) is 20.6. The van der Waals surface area contributed by atoms with E-state index in [4.69, 9.17) is 9.47 Å². The van der Waals surface area contributed by atoms with Crippen molar-refractivity contribution in [1.29, 1.82) is 0 Å². The standard InChI is InChI=1S/C24H48O5/c1-3-5-6-7-8-9-10-11-12-15-18-28-19-16-13-14-17-23(27)29-22-24(4-2,20-25)21-26/h25-26H,3-22H2,1-2H3. The molecule has 0 bridgehead atoms. The van der Waals surface area contributed by atoms with Crippen LogP contribution in [0, 0.1) is 5.41 Å². The minimum Gasteiger partial charge on any atom is -0.465 e. The van der Waals surface area contributed by atoms with E-state index < -0.39 is 5.41 Å². The highest BCUT2D eigenvalue weighted by atomic mass is 16.5. The number of aliphatic hydroxyl groups is 2. The van der Waals surface area contributed by atoms with Crippen molar-refractivity contribution >= 4 is 5.97 Å². The minimum atomic E-state index is -0.710. The van der Waals surface area contributed by atoms with E-state index in [1.165, 1.54) is 57.8 Å². The number of ether oxygens (including phenoxy) is 2. The number of aliphatic hydroxyl groups excluding tert-OH is 2. The number of unbranched alkanes of at least 4 members (excludes halogenated alkanes) is 11. The van der Waals surface area contributed by atoms with Crippen molar-refractivity contribution in [3.8, 4) is 0 Å². The first-order valence-corrected chi connectivity index (χ1v) is 12.1. The van der Waals surface area contributed by atoms with Crippen LogP contribution in [0.5, 0.6) is 0 Å². The molecular formula is C24H48O5. The number of esters is 1. The topological polar surface area (TPSA) is 76.0 Å². The van der Waals surface area contributed by atoms with Crippen LogP contribution in [0.2, 0.25) is 0 Å². The highest BCUT2D eigenvalue weighted by Crippen LogP contribution is 2.21. The molecule has 0 rings (SSSR count). The van der Waals surface area contributed by atoms with Crippen LogP contribution < -0.4 is 0 Å². The molecule has 5 nitrogen and oxygen atoms in total. The molecule has 0 unspecified atom stereocenters. The summed E-state index contributed by atoms with van der Waals surface area (Å²) in [6.45, 7) is 5.47. The van der Waals surface area contributed by atoms with E-state index in [2.05, 4.69) is 6.92 Å².